The van der Waals surface area contributed by atoms with Crippen molar-refractivity contribution in [1.82, 2.24) is 0 Å². The summed E-state index contributed by atoms with van der Waals surface area (Å²) in [5.41, 5.74) is 0.842. The average Bonchev–Trinajstić information content (AvgIpc) is 2.73. The normalized spacial score (nSPS) is 12.6. The first-order valence-corrected chi connectivity index (χ1v) is 13.9. The summed E-state index contributed by atoms with van der Waals surface area (Å²) < 4.78 is 53.4. The number of carbonyl (C=O) groups excluding carboxylic acids is 1. The van der Waals surface area contributed by atoms with Crippen LogP contribution in [0.5, 0.6) is 0 Å². The van der Waals surface area contributed by atoms with Crippen LogP contribution in [0.1, 0.15) is 6.92 Å². The highest BCUT2D eigenvalue weighted by Gasteiger charge is 2.29. The summed E-state index contributed by atoms with van der Waals surface area (Å²) in [6.45, 7) is 1.46. The van der Waals surface area contributed by atoms with Crippen LogP contribution in [0.4, 0.5) is 17.1 Å². The lowest BCUT2D eigenvalue weighted by molar-refractivity contribution is -0.116. The molecule has 0 fully saturated rings. The fourth-order valence-electron chi connectivity index (χ4n) is 3.17. The zero-order valence-electron chi connectivity index (χ0n) is 18.1. The van der Waals surface area contributed by atoms with Gasteiger partial charge in [0.2, 0.25) is 15.9 Å². The van der Waals surface area contributed by atoms with E-state index in [0.717, 1.165) is 10.6 Å². The molecule has 12 heteroatoms. The van der Waals surface area contributed by atoms with Crippen molar-refractivity contribution < 1.29 is 21.6 Å². The van der Waals surface area contributed by atoms with Crippen LogP contribution < -0.4 is 14.3 Å². The molecule has 34 heavy (non-hydrogen) atoms. The summed E-state index contributed by atoms with van der Waals surface area (Å²) in [7, 11) is -7.70. The van der Waals surface area contributed by atoms with Gasteiger partial charge in [-0.25, -0.2) is 16.8 Å². The molecule has 0 heterocycles. The second kappa shape index (κ2) is 10.2. The number of benzene rings is 3. The maximum atomic E-state index is 12.8. The van der Waals surface area contributed by atoms with E-state index in [1.807, 2.05) is 0 Å². The maximum absolute atomic E-state index is 12.8. The van der Waals surface area contributed by atoms with Gasteiger partial charge in [0.15, 0.2) is 0 Å². The van der Waals surface area contributed by atoms with Gasteiger partial charge in [-0.2, -0.15) is 0 Å². The fraction of sp³-hybridized carbons (Fsp3) is 0.136. The van der Waals surface area contributed by atoms with Crippen molar-refractivity contribution in [3.63, 3.8) is 0 Å². The molecule has 0 aliphatic carbocycles. The summed E-state index contributed by atoms with van der Waals surface area (Å²) in [6, 6.07) is 16.9. The number of anilines is 3. The zero-order chi connectivity index (χ0) is 25.1. The summed E-state index contributed by atoms with van der Waals surface area (Å²) in [6.07, 6.45) is 1.02. The Kier molecular flexibility index (Phi) is 7.77. The Labute approximate surface area is 208 Å². The molecule has 0 saturated heterocycles. The highest BCUT2D eigenvalue weighted by Crippen LogP contribution is 2.26. The number of amides is 1. The predicted octanol–water partition coefficient (Wildman–Crippen LogP) is 4.59. The van der Waals surface area contributed by atoms with Crippen LogP contribution in [0.2, 0.25) is 10.0 Å². The van der Waals surface area contributed by atoms with Gasteiger partial charge in [0.25, 0.3) is 10.0 Å². The van der Waals surface area contributed by atoms with Crippen LogP contribution in [-0.4, -0.2) is 35.0 Å². The summed E-state index contributed by atoms with van der Waals surface area (Å²) in [4.78, 5) is 12.7. The Hall–Kier alpha value is -2.79. The van der Waals surface area contributed by atoms with Gasteiger partial charge < -0.3 is 5.32 Å². The molecule has 0 radical (unpaired) electrons. The number of nitrogens with zero attached hydrogens (tertiary/aromatic N) is 1. The second-order valence-corrected chi connectivity index (χ2v) is 11.8. The number of carbonyl (C=O) groups is 1. The molecule has 1 atom stereocenters. The van der Waals surface area contributed by atoms with E-state index in [1.54, 1.807) is 30.3 Å². The minimum atomic E-state index is -3.94. The van der Waals surface area contributed by atoms with Crippen LogP contribution in [0, 0.1) is 0 Å². The smallest absolute Gasteiger partial charge is 0.261 e. The van der Waals surface area contributed by atoms with Crippen molar-refractivity contribution in [3.05, 3.63) is 82.8 Å². The number of para-hydroxylation sites is 1. The number of sulfonamides is 2. The Morgan fingerprint density at radius 2 is 1.41 bits per heavy atom. The first kappa shape index (κ1) is 25.8. The van der Waals surface area contributed by atoms with E-state index in [-0.39, 0.29) is 20.6 Å². The van der Waals surface area contributed by atoms with Gasteiger partial charge in [-0.05, 0) is 61.5 Å². The Morgan fingerprint density at radius 1 is 0.853 bits per heavy atom. The third-order valence-electron chi connectivity index (χ3n) is 4.65. The highest BCUT2D eigenvalue weighted by atomic mass is 35.5. The van der Waals surface area contributed by atoms with Gasteiger partial charge in [0.1, 0.15) is 6.04 Å². The Balaban J connectivity index is 1.76. The van der Waals surface area contributed by atoms with E-state index in [0.29, 0.717) is 11.4 Å². The van der Waals surface area contributed by atoms with Crippen LogP contribution in [0.15, 0.2) is 77.7 Å². The second-order valence-electron chi connectivity index (χ2n) is 7.35. The quantitative estimate of drug-likeness (QED) is 0.433. The van der Waals surface area contributed by atoms with E-state index < -0.39 is 32.0 Å². The SMILES string of the molecule is CC(C(=O)Nc1ccc(S(=O)(=O)Nc2cc(Cl)cc(Cl)c2)cc1)N(c1ccccc1)S(C)(=O)=O. The predicted molar refractivity (Wildman–Crippen MR) is 136 cm³/mol. The lowest BCUT2D eigenvalue weighted by Crippen LogP contribution is -2.45. The number of nitrogens with one attached hydrogen (secondary N) is 2. The third-order valence-corrected chi connectivity index (χ3v) is 7.72. The zero-order valence-corrected chi connectivity index (χ0v) is 21.2. The third kappa shape index (κ3) is 6.41. The molecule has 0 aliphatic rings. The summed E-state index contributed by atoms with van der Waals surface area (Å²) >= 11 is 11.8. The molecule has 1 unspecified atom stereocenters. The summed E-state index contributed by atoms with van der Waals surface area (Å²) in [5, 5.41) is 3.16. The molecule has 2 N–H and O–H groups in total. The van der Waals surface area contributed by atoms with Gasteiger partial charge in [0, 0.05) is 15.7 Å². The first-order chi connectivity index (χ1) is 15.9. The molecular weight excluding hydrogens is 521 g/mol. The maximum Gasteiger partial charge on any atom is 0.261 e. The largest absolute Gasteiger partial charge is 0.324 e. The molecule has 1 amide bonds. The minimum Gasteiger partial charge on any atom is -0.324 e. The molecule has 0 bridgehead atoms. The van der Waals surface area contributed by atoms with Crippen molar-refractivity contribution in [2.45, 2.75) is 17.9 Å². The summed E-state index contributed by atoms with van der Waals surface area (Å²) in [5.74, 6) is -0.587. The van der Waals surface area contributed by atoms with E-state index in [9.17, 15) is 21.6 Å². The molecule has 0 saturated carbocycles. The van der Waals surface area contributed by atoms with Gasteiger partial charge in [0.05, 0.1) is 22.5 Å². The van der Waals surface area contributed by atoms with Crippen molar-refractivity contribution >= 4 is 66.2 Å². The molecule has 0 aromatic heterocycles. The highest BCUT2D eigenvalue weighted by molar-refractivity contribution is 7.92. The number of rotatable bonds is 8. The lowest BCUT2D eigenvalue weighted by Gasteiger charge is -2.28. The van der Waals surface area contributed by atoms with Gasteiger partial charge in [-0.3, -0.25) is 13.8 Å². The molecule has 0 spiro atoms. The van der Waals surface area contributed by atoms with Crippen molar-refractivity contribution in [1.29, 1.82) is 0 Å². The number of halogens is 2. The average molecular weight is 542 g/mol. The molecule has 0 aliphatic heterocycles. The molecule has 3 aromatic carbocycles. The molecular formula is C22H21Cl2N3O5S2. The van der Waals surface area contributed by atoms with Crippen LogP contribution in [0.3, 0.4) is 0 Å². The lowest BCUT2D eigenvalue weighted by atomic mass is 10.2. The van der Waals surface area contributed by atoms with Gasteiger partial charge in [-0.1, -0.05) is 41.4 Å². The Bertz CT molecular complexity index is 1380. The first-order valence-electron chi connectivity index (χ1n) is 9.81. The van der Waals surface area contributed by atoms with Gasteiger partial charge >= 0.3 is 0 Å². The monoisotopic (exact) mass is 541 g/mol. The van der Waals surface area contributed by atoms with Crippen molar-refractivity contribution in [3.8, 4) is 0 Å². The minimum absolute atomic E-state index is 0.0586. The van der Waals surface area contributed by atoms with Crippen LogP contribution in [-0.2, 0) is 24.8 Å². The van der Waals surface area contributed by atoms with Crippen LogP contribution >= 0.6 is 23.2 Å². The van der Waals surface area contributed by atoms with Gasteiger partial charge in [-0.15, -0.1) is 0 Å². The molecule has 180 valence electrons. The van der Waals surface area contributed by atoms with E-state index in [4.69, 9.17) is 23.2 Å². The standard InChI is InChI=1S/C22H21Cl2N3O5S2/c1-15(27(33(2,29)30)20-6-4-3-5-7-20)22(28)25-18-8-10-21(11-9-18)34(31,32)26-19-13-16(23)12-17(24)14-19/h3-15,26H,1-2H3,(H,25,28). The van der Waals surface area contributed by atoms with E-state index in [2.05, 4.69) is 10.0 Å². The number of hydrogen-bond donors (Lipinski definition) is 2. The molecule has 8 nitrogen and oxygen atoms in total. The fourth-order valence-corrected chi connectivity index (χ4v) is 5.92. The van der Waals surface area contributed by atoms with Crippen molar-refractivity contribution in [2.24, 2.45) is 0 Å². The van der Waals surface area contributed by atoms with Crippen molar-refractivity contribution in [2.75, 3.05) is 20.6 Å². The molecule has 3 aromatic rings. The molecule has 3 rings (SSSR count). The van der Waals surface area contributed by atoms with E-state index >= 15 is 0 Å². The van der Waals surface area contributed by atoms with E-state index in [1.165, 1.54) is 49.4 Å². The number of hydrogen-bond acceptors (Lipinski definition) is 5. The topological polar surface area (TPSA) is 113 Å². The van der Waals surface area contributed by atoms with Crippen LogP contribution in [0.25, 0.3) is 0 Å². The Morgan fingerprint density at radius 3 is 1.94 bits per heavy atom.